The van der Waals surface area contributed by atoms with E-state index in [2.05, 4.69) is 42.4 Å². The van der Waals surface area contributed by atoms with Crippen LogP contribution >= 0.6 is 11.8 Å². The van der Waals surface area contributed by atoms with Crippen LogP contribution in [0.25, 0.3) is 0 Å². The molecular weight excluding hydrogens is 452 g/mol. The smallest absolute Gasteiger partial charge is 0.243 e. The zero-order valence-electron chi connectivity index (χ0n) is 19.8. The van der Waals surface area contributed by atoms with Crippen LogP contribution in [0, 0.1) is 17.2 Å². The average molecular weight is 487 g/mol. The molecule has 1 fully saturated rings. The molecule has 3 N–H and O–H groups in total. The lowest BCUT2D eigenvalue weighted by Crippen LogP contribution is -2.49. The number of thioether (sulfide) groups is 1. The van der Waals surface area contributed by atoms with Crippen molar-refractivity contribution >= 4 is 40.1 Å². The molecule has 0 saturated carbocycles. The van der Waals surface area contributed by atoms with Crippen LogP contribution in [-0.2, 0) is 19.1 Å². The molecule has 0 radical (unpaired) electrons. The van der Waals surface area contributed by atoms with Crippen molar-refractivity contribution in [1.82, 2.24) is 10.6 Å². The first-order chi connectivity index (χ1) is 16.3. The number of hydrogen-bond acceptors (Lipinski definition) is 7. The molecule has 8 nitrogen and oxygen atoms in total. The monoisotopic (exact) mass is 486 g/mol. The summed E-state index contributed by atoms with van der Waals surface area (Å²) in [7, 11) is 0. The summed E-state index contributed by atoms with van der Waals surface area (Å²) in [6.07, 6.45) is 10.2. The van der Waals surface area contributed by atoms with E-state index in [0.717, 1.165) is 11.5 Å². The third-order valence-corrected chi connectivity index (χ3v) is 7.65. The van der Waals surface area contributed by atoms with Gasteiger partial charge in [0.15, 0.2) is 5.78 Å². The van der Waals surface area contributed by atoms with Crippen molar-refractivity contribution in [2.75, 3.05) is 19.8 Å². The summed E-state index contributed by atoms with van der Waals surface area (Å²) in [6, 6.07) is -0.834. The zero-order valence-corrected chi connectivity index (χ0v) is 20.7. The fourth-order valence-corrected chi connectivity index (χ4v) is 5.81. The van der Waals surface area contributed by atoms with Crippen molar-refractivity contribution in [2.45, 2.75) is 56.9 Å². The highest BCUT2D eigenvalue weighted by molar-refractivity contribution is 8.14. The van der Waals surface area contributed by atoms with Crippen molar-refractivity contribution < 1.29 is 19.1 Å². The van der Waals surface area contributed by atoms with Crippen molar-refractivity contribution in [1.29, 1.82) is 5.41 Å². The van der Waals surface area contributed by atoms with Gasteiger partial charge < -0.3 is 20.8 Å². The molecule has 0 aromatic rings. The molecule has 1 aliphatic carbocycles. The van der Waals surface area contributed by atoms with Crippen LogP contribution < -0.4 is 10.6 Å². The Kier molecular flexibility index (Phi) is 9.41. The van der Waals surface area contributed by atoms with Crippen LogP contribution in [0.3, 0.4) is 0 Å². The summed E-state index contributed by atoms with van der Waals surface area (Å²) >= 11 is 1.62. The number of carbonyl (C=O) groups excluding carboxylic acids is 3. The third kappa shape index (κ3) is 6.76. The molecule has 3 rings (SSSR count). The van der Waals surface area contributed by atoms with Gasteiger partial charge in [0.1, 0.15) is 0 Å². The Morgan fingerprint density at radius 3 is 2.74 bits per heavy atom. The largest absolute Gasteiger partial charge is 0.381 e. The number of nitrogens with one attached hydrogen (secondary N) is 3. The van der Waals surface area contributed by atoms with Gasteiger partial charge >= 0.3 is 0 Å². The molecule has 0 bridgehead atoms. The van der Waals surface area contributed by atoms with Crippen molar-refractivity contribution in [3.05, 3.63) is 36.5 Å². The molecule has 0 spiro atoms. The van der Waals surface area contributed by atoms with E-state index in [0.29, 0.717) is 26.1 Å². The molecule has 2 heterocycles. The number of ether oxygens (including phenoxy) is 1. The summed E-state index contributed by atoms with van der Waals surface area (Å²) in [6.45, 7) is 8.23. The van der Waals surface area contributed by atoms with Gasteiger partial charge in [0.25, 0.3) is 0 Å². The second-order valence-corrected chi connectivity index (χ2v) is 10.0. The van der Waals surface area contributed by atoms with E-state index in [4.69, 9.17) is 15.1 Å². The molecule has 2 aliphatic heterocycles. The van der Waals surface area contributed by atoms with Crippen LogP contribution in [0.5, 0.6) is 0 Å². The fraction of sp³-hybridized carbons (Fsp3) is 0.560. The standard InChI is InChI=1S/C25H34N4O4S/c1-4-16-6-7-19-21(12-16)34-23(29-19)13-20(28-15(3)30)25(32)24(26)18(14-27-22(31)5-2)17-8-10-33-11-9-17/h5-7,12,17-21,26H,2,4,8-11,13-14H2,1,3H3,(H,27,31)(H,28,30)/t18-,19?,20+,21?/m1/s1. The van der Waals surface area contributed by atoms with Gasteiger partial charge in [-0.05, 0) is 31.3 Å². The van der Waals surface area contributed by atoms with Crippen molar-refractivity contribution in [2.24, 2.45) is 16.8 Å². The van der Waals surface area contributed by atoms with Gasteiger partial charge in [0.05, 0.1) is 28.1 Å². The van der Waals surface area contributed by atoms with Gasteiger partial charge in [-0.1, -0.05) is 37.3 Å². The summed E-state index contributed by atoms with van der Waals surface area (Å²) in [5, 5.41) is 15.2. The maximum Gasteiger partial charge on any atom is 0.243 e. The first kappa shape index (κ1) is 26.1. The third-order valence-electron chi connectivity index (χ3n) is 6.42. The van der Waals surface area contributed by atoms with E-state index < -0.39 is 17.7 Å². The average Bonchev–Trinajstić information content (AvgIpc) is 3.24. The molecular formula is C25H34N4O4S. The van der Waals surface area contributed by atoms with Gasteiger partial charge in [-0.2, -0.15) is 0 Å². The molecule has 2 amide bonds. The molecule has 3 aliphatic rings. The Labute approximate surface area is 205 Å². The van der Waals surface area contributed by atoms with Gasteiger partial charge in [-0.15, -0.1) is 11.8 Å². The highest BCUT2D eigenvalue weighted by atomic mass is 32.2. The van der Waals surface area contributed by atoms with Crippen molar-refractivity contribution in [3.63, 3.8) is 0 Å². The van der Waals surface area contributed by atoms with E-state index in [-0.39, 0.29) is 47.7 Å². The molecule has 0 aromatic carbocycles. The van der Waals surface area contributed by atoms with Gasteiger partial charge in [-0.25, -0.2) is 0 Å². The second kappa shape index (κ2) is 12.3. The number of nitrogens with zero attached hydrogens (tertiary/aromatic N) is 1. The minimum absolute atomic E-state index is 0.0342. The molecule has 4 atom stereocenters. The minimum Gasteiger partial charge on any atom is -0.381 e. The number of hydrogen-bond donors (Lipinski definition) is 3. The number of allylic oxidation sites excluding steroid dienone is 2. The number of aliphatic imine (C=N–C) groups is 1. The molecule has 0 aromatic heterocycles. The highest BCUT2D eigenvalue weighted by Crippen LogP contribution is 2.35. The molecule has 9 heteroatoms. The first-order valence-corrected chi connectivity index (χ1v) is 12.7. The topological polar surface area (TPSA) is 121 Å². The second-order valence-electron chi connectivity index (χ2n) is 8.79. The summed E-state index contributed by atoms with van der Waals surface area (Å²) in [5.41, 5.74) is 1.19. The fourth-order valence-electron chi connectivity index (χ4n) is 4.51. The van der Waals surface area contributed by atoms with Crippen LogP contribution in [0.2, 0.25) is 0 Å². The summed E-state index contributed by atoms with van der Waals surface area (Å²) in [4.78, 5) is 41.9. The lowest BCUT2D eigenvalue weighted by atomic mass is 9.80. The highest BCUT2D eigenvalue weighted by Gasteiger charge is 2.37. The maximum absolute atomic E-state index is 13.5. The van der Waals surface area contributed by atoms with Gasteiger partial charge in [-0.3, -0.25) is 19.4 Å². The number of fused-ring (bicyclic) bond motifs is 1. The molecule has 2 unspecified atom stereocenters. The SMILES string of the molecule is C=CC(=O)NC[C@@H](C(=N)C(=O)[C@H](CC1=NC2C=CC(CC)=CC2S1)NC(C)=O)C1CCOCC1. The Morgan fingerprint density at radius 1 is 1.35 bits per heavy atom. The number of amides is 2. The molecule has 34 heavy (non-hydrogen) atoms. The Morgan fingerprint density at radius 2 is 2.09 bits per heavy atom. The van der Waals surface area contributed by atoms with Crippen LogP contribution in [0.4, 0.5) is 0 Å². The number of ketones is 1. The lowest BCUT2D eigenvalue weighted by molar-refractivity contribution is -0.123. The summed E-state index contributed by atoms with van der Waals surface area (Å²) in [5.74, 6) is -1.53. The van der Waals surface area contributed by atoms with E-state index in [1.54, 1.807) is 11.8 Å². The zero-order chi connectivity index (χ0) is 24.7. The first-order valence-electron chi connectivity index (χ1n) is 11.8. The van der Waals surface area contributed by atoms with E-state index >= 15 is 0 Å². The Bertz CT molecular complexity index is 920. The van der Waals surface area contributed by atoms with Crippen LogP contribution in [0.1, 0.15) is 39.5 Å². The van der Waals surface area contributed by atoms with Gasteiger partial charge in [0, 0.05) is 39.0 Å². The predicted octanol–water partition coefficient (Wildman–Crippen LogP) is 2.60. The Balaban J connectivity index is 1.74. The lowest BCUT2D eigenvalue weighted by Gasteiger charge is -2.31. The van der Waals surface area contributed by atoms with Gasteiger partial charge in [0.2, 0.25) is 11.8 Å². The molecule has 1 saturated heterocycles. The van der Waals surface area contributed by atoms with E-state index in [1.807, 2.05) is 0 Å². The molecule has 184 valence electrons. The van der Waals surface area contributed by atoms with Crippen molar-refractivity contribution in [3.8, 4) is 0 Å². The minimum atomic E-state index is -0.868. The normalized spacial score (nSPS) is 23.7. The van der Waals surface area contributed by atoms with Crippen LogP contribution in [-0.4, -0.2) is 65.4 Å². The number of rotatable bonds is 11. The Hall–Kier alpha value is -2.52. The maximum atomic E-state index is 13.5. The quantitative estimate of drug-likeness (QED) is 0.306. The number of carbonyl (C=O) groups is 3. The van der Waals surface area contributed by atoms with E-state index in [9.17, 15) is 14.4 Å². The van der Waals surface area contributed by atoms with Crippen LogP contribution in [0.15, 0.2) is 41.4 Å². The van der Waals surface area contributed by atoms with E-state index in [1.165, 1.54) is 18.6 Å². The number of Topliss-reactive ketones (excluding diaryl/α,β-unsaturated/α-hetero) is 1. The summed E-state index contributed by atoms with van der Waals surface area (Å²) < 4.78 is 5.44. The predicted molar refractivity (Wildman–Crippen MR) is 135 cm³/mol.